The van der Waals surface area contributed by atoms with Gasteiger partial charge < -0.3 is 15.5 Å². The smallest absolute Gasteiger partial charge is 0.231 e. The molecular formula is C23H27FN4O. The molecule has 0 spiro atoms. The van der Waals surface area contributed by atoms with Gasteiger partial charge in [0.1, 0.15) is 11.6 Å². The Labute approximate surface area is 171 Å². The molecule has 0 bridgehead atoms. The quantitative estimate of drug-likeness (QED) is 0.602. The lowest BCUT2D eigenvalue weighted by atomic mass is 9.99. The lowest BCUT2D eigenvalue weighted by Crippen LogP contribution is -2.24. The molecule has 1 atom stereocenters. The van der Waals surface area contributed by atoms with E-state index in [1.165, 1.54) is 12.1 Å². The van der Waals surface area contributed by atoms with Crippen LogP contribution in [-0.4, -0.2) is 25.0 Å². The number of hydrogen-bond donors (Lipinski definition) is 2. The molecule has 152 valence electrons. The Morgan fingerprint density at radius 2 is 1.90 bits per heavy atom. The number of amides is 1. The topological polar surface area (TPSA) is 57.3 Å². The number of benzene rings is 1. The zero-order valence-electron chi connectivity index (χ0n) is 17.1. The van der Waals surface area contributed by atoms with E-state index in [-0.39, 0.29) is 17.6 Å². The van der Waals surface area contributed by atoms with Crippen molar-refractivity contribution in [2.75, 3.05) is 29.6 Å². The number of allylic oxidation sites excluding steroid dienone is 3. The Morgan fingerprint density at radius 1 is 1.21 bits per heavy atom. The Hall–Kier alpha value is -3.41. The number of aromatic nitrogens is 1. The van der Waals surface area contributed by atoms with E-state index in [0.29, 0.717) is 23.9 Å². The first-order valence-electron chi connectivity index (χ1n) is 9.28. The van der Waals surface area contributed by atoms with Crippen LogP contribution in [0.15, 0.2) is 73.4 Å². The van der Waals surface area contributed by atoms with Crippen molar-refractivity contribution in [2.45, 2.75) is 13.5 Å². The Kier molecular flexibility index (Phi) is 7.71. The van der Waals surface area contributed by atoms with E-state index in [2.05, 4.69) is 28.8 Å². The van der Waals surface area contributed by atoms with Crippen molar-refractivity contribution in [1.29, 1.82) is 0 Å². The van der Waals surface area contributed by atoms with Gasteiger partial charge in [0.2, 0.25) is 5.91 Å². The minimum Gasteiger partial charge on any atom is -0.366 e. The van der Waals surface area contributed by atoms with Gasteiger partial charge in [-0.3, -0.25) is 4.79 Å². The molecule has 29 heavy (non-hydrogen) atoms. The highest BCUT2D eigenvalue weighted by Crippen LogP contribution is 2.26. The summed E-state index contributed by atoms with van der Waals surface area (Å²) >= 11 is 0. The van der Waals surface area contributed by atoms with E-state index >= 15 is 0 Å². The largest absolute Gasteiger partial charge is 0.366 e. The molecule has 1 heterocycles. The highest BCUT2D eigenvalue weighted by atomic mass is 19.1. The van der Waals surface area contributed by atoms with Crippen LogP contribution in [0.2, 0.25) is 0 Å². The highest BCUT2D eigenvalue weighted by Gasteiger charge is 2.18. The molecule has 0 unspecified atom stereocenters. The maximum absolute atomic E-state index is 13.0. The minimum atomic E-state index is -0.378. The van der Waals surface area contributed by atoms with Gasteiger partial charge in [0, 0.05) is 20.6 Å². The third kappa shape index (κ3) is 6.04. The number of hydrogen-bond acceptors (Lipinski definition) is 4. The standard InChI is InChI=1S/C23H27FN4O/c1-6-8-18(7-2)16(3)23(29)26-20-13-14-21(27-22(20)28(4)5)25-15-17-9-11-19(24)12-10-17/h6-14,16H,1-2,15H2,3-5H3,(H,25,27)(H,26,29)/b18-8+/t16-/m0/s1. The molecule has 5 nitrogen and oxygen atoms in total. The van der Waals surface area contributed by atoms with Crippen LogP contribution in [0.25, 0.3) is 0 Å². The normalized spacial score (nSPS) is 12.1. The monoisotopic (exact) mass is 394 g/mol. The maximum atomic E-state index is 13.0. The van der Waals surface area contributed by atoms with Crippen molar-refractivity contribution in [3.05, 3.63) is 84.7 Å². The molecule has 0 radical (unpaired) electrons. The summed E-state index contributed by atoms with van der Waals surface area (Å²) in [4.78, 5) is 19.1. The van der Waals surface area contributed by atoms with Crippen LogP contribution >= 0.6 is 0 Å². The third-order valence-electron chi connectivity index (χ3n) is 4.38. The molecule has 0 aliphatic heterocycles. The summed E-state index contributed by atoms with van der Waals surface area (Å²) in [6.07, 6.45) is 5.06. The van der Waals surface area contributed by atoms with Gasteiger partial charge in [-0.05, 0) is 42.3 Å². The molecule has 0 aliphatic carbocycles. The molecule has 2 N–H and O–H groups in total. The summed E-state index contributed by atoms with van der Waals surface area (Å²) in [5.74, 6) is 0.482. The third-order valence-corrected chi connectivity index (χ3v) is 4.38. The Morgan fingerprint density at radius 3 is 2.48 bits per heavy atom. The zero-order valence-corrected chi connectivity index (χ0v) is 17.1. The lowest BCUT2D eigenvalue weighted by molar-refractivity contribution is -0.118. The molecule has 0 saturated heterocycles. The predicted molar refractivity (Wildman–Crippen MR) is 119 cm³/mol. The molecule has 2 rings (SSSR count). The van der Waals surface area contributed by atoms with E-state index in [1.807, 2.05) is 32.0 Å². The van der Waals surface area contributed by atoms with Crippen LogP contribution in [0.5, 0.6) is 0 Å². The van der Waals surface area contributed by atoms with E-state index in [0.717, 1.165) is 11.1 Å². The molecule has 2 aromatic rings. The van der Waals surface area contributed by atoms with Gasteiger partial charge >= 0.3 is 0 Å². The molecule has 0 fully saturated rings. The first kappa shape index (κ1) is 21.9. The Balaban J connectivity index is 2.15. The Bertz CT molecular complexity index is 904. The molecule has 6 heteroatoms. The van der Waals surface area contributed by atoms with Crippen molar-refractivity contribution < 1.29 is 9.18 Å². The van der Waals surface area contributed by atoms with E-state index in [1.54, 1.807) is 36.4 Å². The fourth-order valence-electron chi connectivity index (χ4n) is 2.70. The van der Waals surface area contributed by atoms with Crippen molar-refractivity contribution >= 4 is 23.2 Å². The molecule has 1 amide bonds. The SMILES string of the molecule is C=C/C=C(\C=C)[C@H](C)C(=O)Nc1ccc(NCc2ccc(F)cc2)nc1N(C)C. The van der Waals surface area contributed by atoms with E-state index in [4.69, 9.17) is 0 Å². The van der Waals surface area contributed by atoms with Crippen LogP contribution in [0.3, 0.4) is 0 Å². The van der Waals surface area contributed by atoms with Gasteiger partial charge in [0.25, 0.3) is 0 Å². The number of rotatable bonds is 9. The first-order chi connectivity index (χ1) is 13.8. The summed E-state index contributed by atoms with van der Waals surface area (Å²) in [6, 6.07) is 9.90. The van der Waals surface area contributed by atoms with Crippen LogP contribution in [0.1, 0.15) is 12.5 Å². The predicted octanol–water partition coefficient (Wildman–Crippen LogP) is 4.77. The summed E-state index contributed by atoms with van der Waals surface area (Å²) < 4.78 is 13.0. The summed E-state index contributed by atoms with van der Waals surface area (Å²) in [5.41, 5.74) is 2.34. The summed E-state index contributed by atoms with van der Waals surface area (Å²) in [5, 5.41) is 6.15. The molecule has 0 aliphatic rings. The molecule has 1 aromatic carbocycles. The van der Waals surface area contributed by atoms with Gasteiger partial charge in [-0.15, -0.1) is 0 Å². The number of pyridine rings is 1. The average molecular weight is 394 g/mol. The van der Waals surface area contributed by atoms with Crippen LogP contribution < -0.4 is 15.5 Å². The van der Waals surface area contributed by atoms with Gasteiger partial charge in [-0.25, -0.2) is 9.37 Å². The fraction of sp³-hybridized carbons (Fsp3) is 0.217. The number of halogens is 1. The zero-order chi connectivity index (χ0) is 21.4. The van der Waals surface area contributed by atoms with E-state index in [9.17, 15) is 9.18 Å². The van der Waals surface area contributed by atoms with Crippen molar-refractivity contribution in [1.82, 2.24) is 4.98 Å². The summed E-state index contributed by atoms with van der Waals surface area (Å²) in [7, 11) is 3.72. The average Bonchev–Trinajstić information content (AvgIpc) is 2.71. The lowest BCUT2D eigenvalue weighted by Gasteiger charge is -2.20. The van der Waals surface area contributed by atoms with Gasteiger partial charge in [0.15, 0.2) is 5.82 Å². The van der Waals surface area contributed by atoms with Gasteiger partial charge in [0.05, 0.1) is 11.6 Å². The second-order valence-electron chi connectivity index (χ2n) is 6.76. The van der Waals surface area contributed by atoms with Gasteiger partial charge in [-0.2, -0.15) is 0 Å². The maximum Gasteiger partial charge on any atom is 0.231 e. The van der Waals surface area contributed by atoms with Crippen molar-refractivity contribution in [3.8, 4) is 0 Å². The minimum absolute atomic E-state index is 0.157. The van der Waals surface area contributed by atoms with Crippen molar-refractivity contribution in [3.63, 3.8) is 0 Å². The highest BCUT2D eigenvalue weighted by molar-refractivity contribution is 5.97. The molecular weight excluding hydrogens is 367 g/mol. The van der Waals surface area contributed by atoms with Crippen LogP contribution in [0.4, 0.5) is 21.7 Å². The second-order valence-corrected chi connectivity index (χ2v) is 6.76. The number of anilines is 3. The molecule has 1 aromatic heterocycles. The number of carbonyl (C=O) groups excluding carboxylic acids is 1. The van der Waals surface area contributed by atoms with Crippen LogP contribution in [0, 0.1) is 11.7 Å². The second kappa shape index (κ2) is 10.2. The summed E-state index contributed by atoms with van der Waals surface area (Å²) in [6.45, 7) is 9.74. The first-order valence-corrected chi connectivity index (χ1v) is 9.28. The number of nitrogens with zero attached hydrogens (tertiary/aromatic N) is 2. The fourth-order valence-corrected chi connectivity index (χ4v) is 2.70. The van der Waals surface area contributed by atoms with E-state index < -0.39 is 0 Å². The van der Waals surface area contributed by atoms with Crippen LogP contribution in [-0.2, 0) is 11.3 Å². The molecule has 0 saturated carbocycles. The number of carbonyl (C=O) groups is 1. The van der Waals surface area contributed by atoms with Crippen molar-refractivity contribution in [2.24, 2.45) is 5.92 Å². The number of nitrogens with one attached hydrogen (secondary N) is 2. The van der Waals surface area contributed by atoms with Gasteiger partial charge in [-0.1, -0.05) is 43.5 Å².